The molecule has 0 amide bonds. The van der Waals surface area contributed by atoms with E-state index in [-0.39, 0.29) is 0 Å². The van der Waals surface area contributed by atoms with Crippen LogP contribution in [-0.2, 0) is 0 Å². The summed E-state index contributed by atoms with van der Waals surface area (Å²) in [6.07, 6.45) is 1.51. The lowest BCUT2D eigenvalue weighted by Gasteiger charge is -2.05. The standard InChI is InChI=1S/C10H6Cl3N/c1-5-2-3-6-9(13)7(11)4-14-10(6)8(5)12/h2-4H,1H3. The van der Waals surface area contributed by atoms with Crippen molar-refractivity contribution in [2.45, 2.75) is 6.92 Å². The molecule has 0 N–H and O–H groups in total. The van der Waals surface area contributed by atoms with Gasteiger partial charge < -0.3 is 0 Å². The van der Waals surface area contributed by atoms with Crippen molar-refractivity contribution in [1.82, 2.24) is 4.98 Å². The van der Waals surface area contributed by atoms with Gasteiger partial charge in [0.1, 0.15) is 0 Å². The van der Waals surface area contributed by atoms with Crippen molar-refractivity contribution < 1.29 is 0 Å². The first kappa shape index (κ1) is 10.0. The third kappa shape index (κ3) is 1.46. The largest absolute Gasteiger partial charge is 0.253 e. The van der Waals surface area contributed by atoms with E-state index >= 15 is 0 Å². The van der Waals surface area contributed by atoms with E-state index in [0.717, 1.165) is 10.9 Å². The number of benzene rings is 1. The summed E-state index contributed by atoms with van der Waals surface area (Å²) in [5, 5.41) is 2.36. The van der Waals surface area contributed by atoms with Gasteiger partial charge in [-0.1, -0.05) is 46.9 Å². The molecule has 0 bridgehead atoms. The van der Waals surface area contributed by atoms with E-state index in [1.807, 2.05) is 19.1 Å². The summed E-state index contributed by atoms with van der Waals surface area (Å²) < 4.78 is 0. The van der Waals surface area contributed by atoms with Crippen LogP contribution in [0.15, 0.2) is 18.3 Å². The fourth-order valence-corrected chi connectivity index (χ4v) is 1.84. The highest BCUT2D eigenvalue weighted by Crippen LogP contribution is 2.33. The third-order valence-corrected chi connectivity index (χ3v) is 3.33. The van der Waals surface area contributed by atoms with Crippen molar-refractivity contribution in [2.75, 3.05) is 0 Å². The van der Waals surface area contributed by atoms with E-state index in [1.54, 1.807) is 0 Å². The average Bonchev–Trinajstić information content (AvgIpc) is 2.17. The maximum atomic E-state index is 6.09. The molecule has 0 fully saturated rings. The fourth-order valence-electron chi connectivity index (χ4n) is 1.28. The van der Waals surface area contributed by atoms with Gasteiger partial charge in [-0.15, -0.1) is 0 Å². The Labute approximate surface area is 96.6 Å². The van der Waals surface area contributed by atoms with E-state index in [1.165, 1.54) is 6.20 Å². The molecule has 0 saturated carbocycles. The van der Waals surface area contributed by atoms with Crippen LogP contribution in [0.25, 0.3) is 10.9 Å². The van der Waals surface area contributed by atoms with Crippen LogP contribution >= 0.6 is 34.8 Å². The van der Waals surface area contributed by atoms with Gasteiger partial charge in [-0.2, -0.15) is 0 Å². The SMILES string of the molecule is Cc1ccc2c(Cl)c(Cl)cnc2c1Cl. The predicted octanol–water partition coefficient (Wildman–Crippen LogP) is 4.50. The van der Waals surface area contributed by atoms with Crippen molar-refractivity contribution in [3.63, 3.8) is 0 Å². The lowest BCUT2D eigenvalue weighted by molar-refractivity contribution is 1.39. The number of pyridine rings is 1. The zero-order valence-electron chi connectivity index (χ0n) is 7.31. The first-order chi connectivity index (χ1) is 6.61. The van der Waals surface area contributed by atoms with E-state index < -0.39 is 0 Å². The number of rotatable bonds is 0. The quantitative estimate of drug-likeness (QED) is 0.667. The van der Waals surface area contributed by atoms with Crippen molar-refractivity contribution >= 4 is 45.7 Å². The van der Waals surface area contributed by atoms with Crippen molar-refractivity contribution in [1.29, 1.82) is 0 Å². The molecule has 0 aliphatic heterocycles. The zero-order valence-corrected chi connectivity index (χ0v) is 9.58. The molecule has 0 aliphatic rings. The molecular formula is C10H6Cl3N. The summed E-state index contributed by atoms with van der Waals surface area (Å²) in [5.74, 6) is 0. The minimum absolute atomic E-state index is 0.444. The lowest BCUT2D eigenvalue weighted by atomic mass is 10.1. The Hall–Kier alpha value is -0.500. The molecule has 1 aromatic heterocycles. The number of hydrogen-bond acceptors (Lipinski definition) is 1. The first-order valence-electron chi connectivity index (χ1n) is 4.00. The molecule has 1 aromatic carbocycles. The van der Waals surface area contributed by atoms with Gasteiger partial charge in [-0.25, -0.2) is 0 Å². The van der Waals surface area contributed by atoms with Gasteiger partial charge in [0.05, 0.1) is 20.6 Å². The molecule has 0 unspecified atom stereocenters. The van der Waals surface area contributed by atoms with Crippen LogP contribution in [0.1, 0.15) is 5.56 Å². The predicted molar refractivity (Wildman–Crippen MR) is 61.5 cm³/mol. The zero-order chi connectivity index (χ0) is 10.3. The monoisotopic (exact) mass is 245 g/mol. The van der Waals surface area contributed by atoms with Gasteiger partial charge in [-0.3, -0.25) is 4.98 Å². The van der Waals surface area contributed by atoms with Crippen LogP contribution in [0.4, 0.5) is 0 Å². The lowest BCUT2D eigenvalue weighted by Crippen LogP contribution is -1.85. The molecule has 2 aromatic rings. The van der Waals surface area contributed by atoms with Crippen LogP contribution in [0.3, 0.4) is 0 Å². The summed E-state index contributed by atoms with van der Waals surface area (Å²) in [4.78, 5) is 4.15. The highest BCUT2D eigenvalue weighted by atomic mass is 35.5. The summed E-state index contributed by atoms with van der Waals surface area (Å²) >= 11 is 17.9. The summed E-state index contributed by atoms with van der Waals surface area (Å²) in [6, 6.07) is 3.77. The molecule has 1 nitrogen and oxygen atoms in total. The number of halogens is 3. The van der Waals surface area contributed by atoms with Crippen LogP contribution < -0.4 is 0 Å². The molecule has 4 heteroatoms. The van der Waals surface area contributed by atoms with Crippen molar-refractivity contribution in [2.24, 2.45) is 0 Å². The molecule has 2 rings (SSSR count). The minimum Gasteiger partial charge on any atom is -0.253 e. The van der Waals surface area contributed by atoms with E-state index in [2.05, 4.69) is 4.98 Å². The highest BCUT2D eigenvalue weighted by Gasteiger charge is 2.08. The topological polar surface area (TPSA) is 12.9 Å². The van der Waals surface area contributed by atoms with Gasteiger partial charge in [0.2, 0.25) is 0 Å². The van der Waals surface area contributed by atoms with Crippen LogP contribution in [0.5, 0.6) is 0 Å². The second kappa shape index (κ2) is 3.58. The van der Waals surface area contributed by atoms with Gasteiger partial charge >= 0.3 is 0 Å². The Morgan fingerprint density at radius 2 is 1.79 bits per heavy atom. The molecule has 0 atom stereocenters. The van der Waals surface area contributed by atoms with Crippen molar-refractivity contribution in [3.8, 4) is 0 Å². The molecule has 0 saturated heterocycles. The summed E-state index contributed by atoms with van der Waals surface area (Å²) in [7, 11) is 0. The summed E-state index contributed by atoms with van der Waals surface area (Å²) in [5.41, 5.74) is 1.67. The average molecular weight is 247 g/mol. The number of hydrogen-bond donors (Lipinski definition) is 0. The Balaban J connectivity index is 2.94. The minimum atomic E-state index is 0.444. The van der Waals surface area contributed by atoms with E-state index in [0.29, 0.717) is 20.6 Å². The van der Waals surface area contributed by atoms with Gasteiger partial charge in [0.15, 0.2) is 0 Å². The maximum absolute atomic E-state index is 6.09. The van der Waals surface area contributed by atoms with Gasteiger partial charge in [0, 0.05) is 11.6 Å². The number of nitrogens with zero attached hydrogens (tertiary/aromatic N) is 1. The van der Waals surface area contributed by atoms with Crippen LogP contribution in [-0.4, -0.2) is 4.98 Å². The normalized spacial score (nSPS) is 10.9. The Morgan fingerprint density at radius 1 is 1.07 bits per heavy atom. The van der Waals surface area contributed by atoms with Gasteiger partial charge in [0.25, 0.3) is 0 Å². The van der Waals surface area contributed by atoms with E-state index in [9.17, 15) is 0 Å². The molecule has 0 spiro atoms. The second-order valence-corrected chi connectivity index (χ2v) is 4.18. The highest BCUT2D eigenvalue weighted by molar-refractivity contribution is 6.46. The molecule has 0 radical (unpaired) electrons. The van der Waals surface area contributed by atoms with Crippen LogP contribution in [0.2, 0.25) is 15.1 Å². The molecular weight excluding hydrogens is 240 g/mol. The Bertz CT molecular complexity index is 461. The molecule has 1 heterocycles. The second-order valence-electron chi connectivity index (χ2n) is 3.01. The molecule has 72 valence electrons. The number of aryl methyl sites for hydroxylation is 1. The molecule has 14 heavy (non-hydrogen) atoms. The maximum Gasteiger partial charge on any atom is 0.0906 e. The third-order valence-electron chi connectivity index (χ3n) is 2.06. The number of fused-ring (bicyclic) bond motifs is 1. The van der Waals surface area contributed by atoms with E-state index in [4.69, 9.17) is 34.8 Å². The van der Waals surface area contributed by atoms with Crippen LogP contribution in [0, 0.1) is 6.92 Å². The Morgan fingerprint density at radius 3 is 2.50 bits per heavy atom. The Kier molecular flexibility index (Phi) is 2.56. The number of aromatic nitrogens is 1. The first-order valence-corrected chi connectivity index (χ1v) is 5.13. The molecule has 0 aliphatic carbocycles. The van der Waals surface area contributed by atoms with Crippen molar-refractivity contribution in [3.05, 3.63) is 39.0 Å². The van der Waals surface area contributed by atoms with Gasteiger partial charge in [-0.05, 0) is 12.5 Å². The summed E-state index contributed by atoms with van der Waals surface area (Å²) in [6.45, 7) is 1.92. The smallest absolute Gasteiger partial charge is 0.0906 e. The fraction of sp³-hybridized carbons (Fsp3) is 0.100.